The normalized spacial score (nSPS) is 21.0. The summed E-state index contributed by atoms with van der Waals surface area (Å²) in [5.74, 6) is 0.972. The van der Waals surface area contributed by atoms with Crippen LogP contribution in [0.25, 0.3) is 0 Å². The van der Waals surface area contributed by atoms with Crippen molar-refractivity contribution in [2.75, 3.05) is 13.1 Å². The Morgan fingerprint density at radius 2 is 2.00 bits per heavy atom. The number of benzene rings is 1. The van der Waals surface area contributed by atoms with Crippen LogP contribution in [0, 0.1) is 17.7 Å². The van der Waals surface area contributed by atoms with Crippen LogP contribution in [0.4, 0.5) is 4.39 Å². The van der Waals surface area contributed by atoms with Crippen molar-refractivity contribution < 1.29 is 9.18 Å². The fraction of sp³-hybridized carbons (Fsp3) is 0.550. The number of amides is 1. The van der Waals surface area contributed by atoms with Crippen LogP contribution >= 0.6 is 11.6 Å². The second kappa shape index (κ2) is 7.97. The van der Waals surface area contributed by atoms with Gasteiger partial charge in [-0.3, -0.25) is 4.79 Å². The molecule has 7 heteroatoms. The molecule has 2 aliphatic rings. The Morgan fingerprint density at radius 1 is 1.19 bits per heavy atom. The lowest BCUT2D eigenvalue weighted by Crippen LogP contribution is -2.30. The van der Waals surface area contributed by atoms with Crippen molar-refractivity contribution in [2.45, 2.75) is 45.1 Å². The van der Waals surface area contributed by atoms with E-state index in [1.807, 2.05) is 4.90 Å². The molecule has 1 aliphatic heterocycles. The van der Waals surface area contributed by atoms with Crippen molar-refractivity contribution >= 4 is 17.5 Å². The van der Waals surface area contributed by atoms with Gasteiger partial charge in [0.2, 0.25) is 0 Å². The van der Waals surface area contributed by atoms with Crippen LogP contribution in [0.1, 0.15) is 54.6 Å². The van der Waals surface area contributed by atoms with Crippen molar-refractivity contribution in [3.8, 4) is 0 Å². The third-order valence-corrected chi connectivity index (χ3v) is 6.29. The van der Waals surface area contributed by atoms with E-state index in [2.05, 4.69) is 10.3 Å². The van der Waals surface area contributed by atoms with Crippen molar-refractivity contribution in [3.63, 3.8) is 0 Å². The van der Waals surface area contributed by atoms with Crippen molar-refractivity contribution in [2.24, 2.45) is 11.8 Å². The molecule has 0 spiro atoms. The van der Waals surface area contributed by atoms with Crippen LogP contribution in [0.15, 0.2) is 24.4 Å². The summed E-state index contributed by atoms with van der Waals surface area (Å²) >= 11 is 6.07. The van der Waals surface area contributed by atoms with Crippen molar-refractivity contribution in [1.82, 2.24) is 19.9 Å². The maximum atomic E-state index is 13.2. The highest BCUT2D eigenvalue weighted by Gasteiger charge is 2.33. The van der Waals surface area contributed by atoms with Gasteiger partial charge in [0.15, 0.2) is 5.69 Å². The zero-order valence-corrected chi connectivity index (χ0v) is 16.0. The molecule has 1 saturated heterocycles. The molecular formula is C20H24ClFN4O. The van der Waals surface area contributed by atoms with Crippen LogP contribution in [-0.4, -0.2) is 38.9 Å². The average Bonchev–Trinajstić information content (AvgIpc) is 3.34. The highest BCUT2D eigenvalue weighted by atomic mass is 35.5. The van der Waals surface area contributed by atoms with Gasteiger partial charge in [-0.15, -0.1) is 5.10 Å². The van der Waals surface area contributed by atoms with Gasteiger partial charge < -0.3 is 4.90 Å². The maximum Gasteiger partial charge on any atom is 0.276 e. The molecule has 1 aromatic carbocycles. The first-order chi connectivity index (χ1) is 13.1. The monoisotopic (exact) mass is 390 g/mol. The topological polar surface area (TPSA) is 51.0 Å². The summed E-state index contributed by atoms with van der Waals surface area (Å²) in [6, 6.07) is 4.26. The Hall–Kier alpha value is -1.95. The predicted octanol–water partition coefficient (Wildman–Crippen LogP) is 4.16. The summed E-state index contributed by atoms with van der Waals surface area (Å²) in [5, 5.41) is 8.43. The minimum Gasteiger partial charge on any atom is -0.337 e. The number of aromatic nitrogens is 3. The lowest BCUT2D eigenvalue weighted by Gasteiger charge is -2.27. The lowest BCUT2D eigenvalue weighted by molar-refractivity contribution is 0.0773. The molecule has 0 bridgehead atoms. The second-order valence-corrected chi connectivity index (χ2v) is 8.14. The number of rotatable bonds is 4. The van der Waals surface area contributed by atoms with E-state index in [0.717, 1.165) is 31.0 Å². The van der Waals surface area contributed by atoms with Crippen LogP contribution < -0.4 is 0 Å². The molecule has 4 rings (SSSR count). The van der Waals surface area contributed by atoms with Gasteiger partial charge in [-0.05, 0) is 36.0 Å². The largest absolute Gasteiger partial charge is 0.337 e. The van der Waals surface area contributed by atoms with Gasteiger partial charge in [0.05, 0.1) is 12.7 Å². The Balaban J connectivity index is 1.38. The van der Waals surface area contributed by atoms with Gasteiger partial charge in [-0.1, -0.05) is 55.0 Å². The van der Waals surface area contributed by atoms with Crippen LogP contribution in [-0.2, 0) is 6.54 Å². The van der Waals surface area contributed by atoms with Gasteiger partial charge in [-0.25, -0.2) is 9.07 Å². The first-order valence-electron chi connectivity index (χ1n) is 9.73. The fourth-order valence-corrected chi connectivity index (χ4v) is 4.65. The van der Waals surface area contributed by atoms with Gasteiger partial charge in [0.1, 0.15) is 5.82 Å². The minimum atomic E-state index is -0.375. The Labute approximate surface area is 163 Å². The molecule has 1 amide bonds. The molecule has 0 radical (unpaired) electrons. The number of halogens is 2. The molecule has 1 aromatic heterocycles. The van der Waals surface area contributed by atoms with Crippen LogP contribution in [0.2, 0.25) is 5.02 Å². The van der Waals surface area contributed by atoms with E-state index in [9.17, 15) is 9.18 Å². The van der Waals surface area contributed by atoms with Crippen molar-refractivity contribution in [3.05, 3.63) is 46.5 Å². The molecular weight excluding hydrogens is 367 g/mol. The Bertz CT molecular complexity index is 818. The highest BCUT2D eigenvalue weighted by molar-refractivity contribution is 6.31. The summed E-state index contributed by atoms with van der Waals surface area (Å²) in [6.07, 6.45) is 9.37. The third kappa shape index (κ3) is 4.15. The summed E-state index contributed by atoms with van der Waals surface area (Å²) in [6.45, 7) is 1.99. The Kier molecular flexibility index (Phi) is 5.43. The summed E-state index contributed by atoms with van der Waals surface area (Å²) in [7, 11) is 0. The highest BCUT2D eigenvalue weighted by Crippen LogP contribution is 2.35. The van der Waals surface area contributed by atoms with Gasteiger partial charge in [0, 0.05) is 18.1 Å². The van der Waals surface area contributed by atoms with Crippen LogP contribution in [0.3, 0.4) is 0 Å². The standard InChI is InChI=1S/C20H24ClFN4O/c21-18-10-17(22)7-6-16(18)12-26-13-19(23-24-26)20(27)25-9-8-15(11-25)14-4-2-1-3-5-14/h6-7,10,13-15H,1-5,8-9,11-12H2/t15-/m0/s1. The van der Waals surface area contributed by atoms with E-state index in [-0.39, 0.29) is 11.7 Å². The molecule has 27 heavy (non-hydrogen) atoms. The number of carbonyl (C=O) groups excluding carboxylic acids is 1. The summed E-state index contributed by atoms with van der Waals surface area (Å²) < 4.78 is 14.7. The Morgan fingerprint density at radius 3 is 2.78 bits per heavy atom. The molecule has 2 heterocycles. The van der Waals surface area contributed by atoms with E-state index in [4.69, 9.17) is 11.6 Å². The summed E-state index contributed by atoms with van der Waals surface area (Å²) in [4.78, 5) is 14.7. The van der Waals surface area contributed by atoms with Crippen molar-refractivity contribution in [1.29, 1.82) is 0 Å². The summed E-state index contributed by atoms with van der Waals surface area (Å²) in [5.41, 5.74) is 1.10. The minimum absolute atomic E-state index is 0.0511. The second-order valence-electron chi connectivity index (χ2n) is 7.74. The van der Waals surface area contributed by atoms with Gasteiger partial charge in [0.25, 0.3) is 5.91 Å². The predicted molar refractivity (Wildman–Crippen MR) is 101 cm³/mol. The average molecular weight is 391 g/mol. The zero-order valence-electron chi connectivity index (χ0n) is 15.3. The lowest BCUT2D eigenvalue weighted by atomic mass is 9.80. The molecule has 5 nitrogen and oxygen atoms in total. The zero-order chi connectivity index (χ0) is 18.8. The fourth-order valence-electron chi connectivity index (χ4n) is 4.42. The molecule has 2 fully saturated rings. The number of hydrogen-bond acceptors (Lipinski definition) is 3. The van der Waals surface area contributed by atoms with E-state index < -0.39 is 0 Å². The number of likely N-dealkylation sites (tertiary alicyclic amines) is 1. The maximum absolute atomic E-state index is 13.2. The van der Waals surface area contributed by atoms with E-state index in [1.165, 1.54) is 44.2 Å². The molecule has 0 N–H and O–H groups in total. The number of hydrogen-bond donors (Lipinski definition) is 0. The molecule has 1 aliphatic carbocycles. The third-order valence-electron chi connectivity index (χ3n) is 5.93. The first-order valence-corrected chi connectivity index (χ1v) is 10.1. The quantitative estimate of drug-likeness (QED) is 0.787. The number of carbonyl (C=O) groups is 1. The smallest absolute Gasteiger partial charge is 0.276 e. The van der Waals surface area contributed by atoms with Gasteiger partial charge in [-0.2, -0.15) is 0 Å². The molecule has 2 aromatic rings. The van der Waals surface area contributed by atoms with E-state index in [1.54, 1.807) is 16.9 Å². The molecule has 0 unspecified atom stereocenters. The van der Waals surface area contributed by atoms with Crippen LogP contribution in [0.5, 0.6) is 0 Å². The van der Waals surface area contributed by atoms with E-state index >= 15 is 0 Å². The molecule has 1 atom stereocenters. The molecule has 144 valence electrons. The first kappa shape index (κ1) is 18.4. The SMILES string of the molecule is O=C(c1cn(Cc2ccc(F)cc2Cl)nn1)N1CC[C@H](C2CCCCC2)C1. The van der Waals surface area contributed by atoms with Gasteiger partial charge >= 0.3 is 0 Å². The molecule has 1 saturated carbocycles. The number of nitrogens with zero attached hydrogens (tertiary/aromatic N) is 4. The van der Waals surface area contributed by atoms with E-state index in [0.29, 0.717) is 23.2 Å².